The number of carbonyl (C=O) groups excluding carboxylic acids is 1. The van der Waals surface area contributed by atoms with Gasteiger partial charge in [0, 0.05) is 29.7 Å². The average molecular weight is 393 g/mol. The molecule has 29 heavy (non-hydrogen) atoms. The number of aromatic nitrogens is 4. The third-order valence-corrected chi connectivity index (χ3v) is 4.65. The first kappa shape index (κ1) is 17.4. The predicted molar refractivity (Wildman–Crippen MR) is 107 cm³/mol. The van der Waals surface area contributed by atoms with Crippen LogP contribution in [0.25, 0.3) is 22.0 Å². The fourth-order valence-corrected chi connectivity index (χ4v) is 3.09. The molecule has 0 aliphatic heterocycles. The minimum atomic E-state index is -0.337. The molecule has 0 saturated heterocycles. The summed E-state index contributed by atoms with van der Waals surface area (Å²) in [5, 5.41) is 25.7. The molecule has 10 nitrogen and oxygen atoms in total. The molecule has 5 rings (SSSR count). The number of H-pyrrole nitrogens is 1. The molecule has 3 heterocycles. The van der Waals surface area contributed by atoms with Crippen LogP contribution in [0.3, 0.4) is 0 Å². The van der Waals surface area contributed by atoms with E-state index in [-0.39, 0.29) is 24.8 Å². The Morgan fingerprint density at radius 1 is 1.28 bits per heavy atom. The normalized spacial score (nSPS) is 13.7. The van der Waals surface area contributed by atoms with Gasteiger partial charge in [-0.1, -0.05) is 0 Å². The second kappa shape index (κ2) is 7.06. The van der Waals surface area contributed by atoms with Gasteiger partial charge < -0.3 is 25.5 Å². The Balaban J connectivity index is 1.42. The Morgan fingerprint density at radius 2 is 2.17 bits per heavy atom. The van der Waals surface area contributed by atoms with Crippen molar-refractivity contribution in [2.75, 3.05) is 23.8 Å². The van der Waals surface area contributed by atoms with Gasteiger partial charge in [0.15, 0.2) is 17.1 Å². The summed E-state index contributed by atoms with van der Waals surface area (Å²) in [4.78, 5) is 21.2. The summed E-state index contributed by atoms with van der Waals surface area (Å²) in [6.07, 6.45) is 3.85. The third kappa shape index (κ3) is 3.45. The van der Waals surface area contributed by atoms with Crippen LogP contribution in [-0.2, 0) is 0 Å². The molecule has 3 aromatic heterocycles. The van der Waals surface area contributed by atoms with E-state index in [2.05, 4.69) is 36.1 Å². The summed E-state index contributed by atoms with van der Waals surface area (Å²) in [6.45, 7) is 0.0542. The molecule has 0 radical (unpaired) electrons. The van der Waals surface area contributed by atoms with Crippen molar-refractivity contribution in [3.8, 4) is 0 Å². The molecule has 1 aromatic carbocycles. The van der Waals surface area contributed by atoms with E-state index in [9.17, 15) is 4.79 Å². The number of hydrogen-bond acceptors (Lipinski definition) is 8. The Morgan fingerprint density at radius 3 is 3.00 bits per heavy atom. The second-order valence-electron chi connectivity index (χ2n) is 6.89. The van der Waals surface area contributed by atoms with Gasteiger partial charge in [0.1, 0.15) is 5.52 Å². The van der Waals surface area contributed by atoms with Gasteiger partial charge in [-0.3, -0.25) is 9.89 Å². The zero-order chi connectivity index (χ0) is 19.8. The van der Waals surface area contributed by atoms with Crippen molar-refractivity contribution in [1.82, 2.24) is 25.5 Å². The number of rotatable bonds is 7. The number of aromatic amines is 1. The fourth-order valence-electron chi connectivity index (χ4n) is 3.09. The Kier molecular flexibility index (Phi) is 4.24. The largest absolute Gasteiger partial charge is 0.459 e. The van der Waals surface area contributed by atoms with Crippen LogP contribution < -0.4 is 16.0 Å². The minimum Gasteiger partial charge on any atom is -0.459 e. The summed E-state index contributed by atoms with van der Waals surface area (Å²) in [6, 6.07) is 7.70. The smallest absolute Gasteiger partial charge is 0.272 e. The first-order chi connectivity index (χ1) is 14.2. The Hall–Kier alpha value is -3.66. The number of amides is 1. The number of aliphatic hydroxyl groups excluding tert-OH is 1. The highest BCUT2D eigenvalue weighted by molar-refractivity contribution is 6.05. The number of hydrogen-bond donors (Lipinski definition) is 5. The van der Waals surface area contributed by atoms with E-state index in [4.69, 9.17) is 9.52 Å². The highest BCUT2D eigenvalue weighted by Crippen LogP contribution is 2.30. The molecular weight excluding hydrogens is 374 g/mol. The van der Waals surface area contributed by atoms with Gasteiger partial charge in [-0.2, -0.15) is 10.1 Å². The van der Waals surface area contributed by atoms with E-state index in [1.54, 1.807) is 18.4 Å². The Labute approximate surface area is 164 Å². The van der Waals surface area contributed by atoms with Crippen molar-refractivity contribution in [3.05, 3.63) is 36.2 Å². The first-order valence-electron chi connectivity index (χ1n) is 9.37. The standard InChI is InChI=1S/C19H19N7O3/c27-7-6-20-18(28)15-12-4-3-11(9-14(12)25-26-15)22-19-23-13-5-8-29-16(13)17(24-19)21-10-1-2-10/h3-5,8-10,27H,1-2,6-7H2,(H,20,28)(H,25,26)(H2,21,22,23,24). The molecule has 4 aromatic rings. The monoisotopic (exact) mass is 393 g/mol. The SMILES string of the molecule is O=C(NCCO)c1n[nH]c2cc(Nc3nc(NC4CC4)c4occc4n3)ccc12. The lowest BCUT2D eigenvalue weighted by Gasteiger charge is -2.09. The number of aliphatic hydroxyl groups is 1. The van der Waals surface area contributed by atoms with E-state index in [0.29, 0.717) is 34.3 Å². The van der Waals surface area contributed by atoms with Gasteiger partial charge >= 0.3 is 0 Å². The van der Waals surface area contributed by atoms with Gasteiger partial charge in [0.2, 0.25) is 5.95 Å². The zero-order valence-corrected chi connectivity index (χ0v) is 15.4. The molecule has 0 spiro atoms. The number of nitrogens with one attached hydrogen (secondary N) is 4. The van der Waals surface area contributed by atoms with Gasteiger partial charge in [-0.15, -0.1) is 0 Å². The lowest BCUT2D eigenvalue weighted by atomic mass is 10.2. The van der Waals surface area contributed by atoms with E-state index in [0.717, 1.165) is 24.0 Å². The average Bonchev–Trinajstić information content (AvgIpc) is 3.24. The molecule has 1 aliphatic rings. The number of benzene rings is 1. The molecule has 1 aliphatic carbocycles. The first-order valence-corrected chi connectivity index (χ1v) is 9.37. The number of carbonyl (C=O) groups is 1. The summed E-state index contributed by atoms with van der Waals surface area (Å²) >= 11 is 0. The quantitative estimate of drug-likeness (QED) is 0.322. The maximum absolute atomic E-state index is 12.1. The molecule has 0 bridgehead atoms. The number of furan rings is 1. The Bertz CT molecular complexity index is 1200. The van der Waals surface area contributed by atoms with Crippen LogP contribution in [0.2, 0.25) is 0 Å². The van der Waals surface area contributed by atoms with Crippen molar-refractivity contribution < 1.29 is 14.3 Å². The van der Waals surface area contributed by atoms with Crippen molar-refractivity contribution in [2.24, 2.45) is 0 Å². The number of fused-ring (bicyclic) bond motifs is 2. The number of anilines is 3. The minimum absolute atomic E-state index is 0.124. The van der Waals surface area contributed by atoms with Crippen LogP contribution in [0.1, 0.15) is 23.3 Å². The van der Waals surface area contributed by atoms with Crippen LogP contribution in [0.5, 0.6) is 0 Å². The zero-order valence-electron chi connectivity index (χ0n) is 15.4. The van der Waals surface area contributed by atoms with E-state index < -0.39 is 0 Å². The van der Waals surface area contributed by atoms with Crippen molar-refractivity contribution in [1.29, 1.82) is 0 Å². The van der Waals surface area contributed by atoms with Crippen LogP contribution in [0.4, 0.5) is 17.5 Å². The molecule has 0 unspecified atom stereocenters. The highest BCUT2D eigenvalue weighted by Gasteiger charge is 2.24. The van der Waals surface area contributed by atoms with Gasteiger partial charge in [0.25, 0.3) is 5.91 Å². The van der Waals surface area contributed by atoms with Crippen molar-refractivity contribution in [2.45, 2.75) is 18.9 Å². The summed E-state index contributed by atoms with van der Waals surface area (Å²) < 4.78 is 5.51. The molecule has 10 heteroatoms. The lowest BCUT2D eigenvalue weighted by molar-refractivity contribution is 0.0941. The van der Waals surface area contributed by atoms with Gasteiger partial charge in [0.05, 0.1) is 18.4 Å². The molecule has 0 atom stereocenters. The third-order valence-electron chi connectivity index (χ3n) is 4.65. The number of nitrogens with zero attached hydrogens (tertiary/aromatic N) is 3. The molecule has 5 N–H and O–H groups in total. The van der Waals surface area contributed by atoms with Crippen molar-refractivity contribution in [3.63, 3.8) is 0 Å². The van der Waals surface area contributed by atoms with E-state index in [1.165, 1.54) is 0 Å². The second-order valence-corrected chi connectivity index (χ2v) is 6.89. The van der Waals surface area contributed by atoms with E-state index >= 15 is 0 Å². The summed E-state index contributed by atoms with van der Waals surface area (Å²) in [5.41, 5.74) is 3.10. The lowest BCUT2D eigenvalue weighted by Crippen LogP contribution is -2.26. The molecule has 1 fully saturated rings. The van der Waals surface area contributed by atoms with E-state index in [1.807, 2.05) is 12.1 Å². The van der Waals surface area contributed by atoms with Gasteiger partial charge in [-0.25, -0.2) is 4.98 Å². The molecule has 148 valence electrons. The van der Waals surface area contributed by atoms with Gasteiger partial charge in [-0.05, 0) is 31.0 Å². The molecular formula is C19H19N7O3. The van der Waals surface area contributed by atoms with Crippen LogP contribution in [0.15, 0.2) is 34.9 Å². The molecule has 1 amide bonds. The van der Waals surface area contributed by atoms with Crippen LogP contribution >= 0.6 is 0 Å². The predicted octanol–water partition coefficient (Wildman–Crippen LogP) is 2.14. The maximum atomic E-state index is 12.1. The van der Waals surface area contributed by atoms with Crippen LogP contribution in [0, 0.1) is 0 Å². The van der Waals surface area contributed by atoms with Crippen molar-refractivity contribution >= 4 is 45.4 Å². The maximum Gasteiger partial charge on any atom is 0.272 e. The van der Waals surface area contributed by atoms with Crippen LogP contribution in [-0.4, -0.2) is 50.4 Å². The fraction of sp³-hybridized carbons (Fsp3) is 0.263. The summed E-state index contributed by atoms with van der Waals surface area (Å²) in [5.74, 6) is 0.785. The molecule has 1 saturated carbocycles. The summed E-state index contributed by atoms with van der Waals surface area (Å²) in [7, 11) is 0. The topological polar surface area (TPSA) is 141 Å². The highest BCUT2D eigenvalue weighted by atomic mass is 16.3.